The third kappa shape index (κ3) is 57.5. The standard InChI is InChI=1S/C67H102O6/c1-4-7-10-13-16-19-22-25-28-31-33-36-38-41-44-47-50-53-56-59-65(68)71-62-64(73-67(70)61-58-55-52-49-46-43-40-35-30-27-24-21-18-15-12-9-6-3)63-72-66(69)60-57-54-51-48-45-42-39-37-34-32-29-26-23-20-17-14-11-8-5-2/h7-12,16-21,25-30,33-34,36-37,40-45,64H,4-6,13-15,22-24,31-32,35,38-39,46-63H2,1-3H3/b10-7-,11-8-,12-9-,19-16-,20-17-,21-18-,28-25-,29-26-,30-27-,36-33-,37-34-,43-40-,44-41-,45-42-. The first-order valence-corrected chi connectivity index (χ1v) is 28.6. The minimum absolute atomic E-state index is 0.125. The van der Waals surface area contributed by atoms with Crippen molar-refractivity contribution in [3.63, 3.8) is 0 Å². The number of rotatable bonds is 49. The van der Waals surface area contributed by atoms with Crippen LogP contribution in [0.5, 0.6) is 0 Å². The summed E-state index contributed by atoms with van der Waals surface area (Å²) in [7, 11) is 0. The topological polar surface area (TPSA) is 78.9 Å². The van der Waals surface area contributed by atoms with E-state index >= 15 is 0 Å². The number of esters is 3. The molecular formula is C67H102O6. The Hall–Kier alpha value is -5.23. The maximum absolute atomic E-state index is 12.9. The normalized spacial score (nSPS) is 13.0. The number of carbonyl (C=O) groups is 3. The predicted octanol–water partition coefficient (Wildman–Crippen LogP) is 19.5. The Balaban J connectivity index is 4.60. The highest BCUT2D eigenvalue weighted by Gasteiger charge is 2.19. The van der Waals surface area contributed by atoms with Crippen LogP contribution in [-0.2, 0) is 28.6 Å². The van der Waals surface area contributed by atoms with Crippen molar-refractivity contribution >= 4 is 17.9 Å². The molecule has 0 aromatic carbocycles. The van der Waals surface area contributed by atoms with Crippen LogP contribution in [0.3, 0.4) is 0 Å². The number of carbonyl (C=O) groups excluding carboxylic acids is 3. The fourth-order valence-corrected chi connectivity index (χ4v) is 7.01. The van der Waals surface area contributed by atoms with E-state index in [0.29, 0.717) is 12.8 Å². The van der Waals surface area contributed by atoms with Crippen LogP contribution < -0.4 is 0 Å². The zero-order valence-electron chi connectivity index (χ0n) is 46.3. The van der Waals surface area contributed by atoms with E-state index in [1.54, 1.807) is 0 Å². The molecule has 0 aromatic rings. The molecule has 0 unspecified atom stereocenters. The second kappa shape index (κ2) is 59.3. The molecule has 0 amide bonds. The quantitative estimate of drug-likeness (QED) is 0.0261. The Morgan fingerprint density at radius 3 is 0.767 bits per heavy atom. The molecular weight excluding hydrogens is 901 g/mol. The van der Waals surface area contributed by atoms with Gasteiger partial charge in [0.05, 0.1) is 0 Å². The van der Waals surface area contributed by atoms with E-state index in [4.69, 9.17) is 14.2 Å². The SMILES string of the molecule is CC/C=C\C/C=C\C/C=C\C/C=C\C/C=C\CCCCCC(=O)OCC(COC(=O)CCCCC/C=C\C/C=C\C/C=C\C/C=C\C/C=C\CC)OC(=O)CCCCCC/C=C\C/C=C\C/C=C\C/C=C\CC. The Kier molecular flexibility index (Phi) is 55.1. The minimum atomic E-state index is -0.829. The molecule has 0 saturated carbocycles. The molecule has 0 aliphatic carbocycles. The second-order valence-electron chi connectivity index (χ2n) is 18.0. The first-order chi connectivity index (χ1) is 36.0. The van der Waals surface area contributed by atoms with Crippen LogP contribution in [0.25, 0.3) is 0 Å². The number of allylic oxidation sites excluding steroid dienone is 28. The van der Waals surface area contributed by atoms with E-state index in [-0.39, 0.29) is 37.5 Å². The molecule has 0 spiro atoms. The van der Waals surface area contributed by atoms with E-state index in [2.05, 4.69) is 191 Å². The van der Waals surface area contributed by atoms with Crippen molar-refractivity contribution in [3.8, 4) is 0 Å². The molecule has 6 nitrogen and oxygen atoms in total. The number of hydrogen-bond donors (Lipinski definition) is 0. The lowest BCUT2D eigenvalue weighted by molar-refractivity contribution is -0.167. The van der Waals surface area contributed by atoms with Crippen molar-refractivity contribution in [1.29, 1.82) is 0 Å². The van der Waals surface area contributed by atoms with Crippen molar-refractivity contribution in [2.45, 2.75) is 219 Å². The van der Waals surface area contributed by atoms with Gasteiger partial charge in [-0.25, -0.2) is 0 Å². The third-order valence-electron chi connectivity index (χ3n) is 11.2. The summed E-state index contributed by atoms with van der Waals surface area (Å²) in [5.41, 5.74) is 0. The second-order valence-corrected chi connectivity index (χ2v) is 18.0. The summed E-state index contributed by atoms with van der Waals surface area (Å²) in [6, 6.07) is 0. The summed E-state index contributed by atoms with van der Waals surface area (Å²) in [4.78, 5) is 38.2. The van der Waals surface area contributed by atoms with Crippen molar-refractivity contribution in [1.82, 2.24) is 0 Å². The molecule has 0 aliphatic rings. The smallest absolute Gasteiger partial charge is 0.306 e. The lowest BCUT2D eigenvalue weighted by Gasteiger charge is -2.18. The summed E-state index contributed by atoms with van der Waals surface area (Å²) in [5.74, 6) is -1.02. The summed E-state index contributed by atoms with van der Waals surface area (Å²) in [6.45, 7) is 6.20. The Morgan fingerprint density at radius 2 is 0.493 bits per heavy atom. The summed E-state index contributed by atoms with van der Waals surface area (Å²) < 4.78 is 16.8. The van der Waals surface area contributed by atoms with Gasteiger partial charge in [-0.3, -0.25) is 14.4 Å². The van der Waals surface area contributed by atoms with Gasteiger partial charge < -0.3 is 14.2 Å². The van der Waals surface area contributed by atoms with E-state index in [9.17, 15) is 14.4 Å². The van der Waals surface area contributed by atoms with Gasteiger partial charge in [0.25, 0.3) is 0 Å². The maximum atomic E-state index is 12.9. The number of ether oxygens (including phenoxy) is 3. The first kappa shape index (κ1) is 67.8. The van der Waals surface area contributed by atoms with Gasteiger partial charge in [-0.2, -0.15) is 0 Å². The van der Waals surface area contributed by atoms with Crippen LogP contribution in [0.1, 0.15) is 213 Å². The van der Waals surface area contributed by atoms with Crippen LogP contribution in [0.4, 0.5) is 0 Å². The lowest BCUT2D eigenvalue weighted by Crippen LogP contribution is -2.30. The molecule has 0 rings (SSSR count). The highest BCUT2D eigenvalue weighted by Crippen LogP contribution is 2.12. The van der Waals surface area contributed by atoms with Gasteiger partial charge in [0.15, 0.2) is 6.10 Å². The average molecular weight is 1000 g/mol. The van der Waals surface area contributed by atoms with Crippen LogP contribution in [0, 0.1) is 0 Å². The van der Waals surface area contributed by atoms with E-state index in [0.717, 1.165) is 173 Å². The lowest BCUT2D eigenvalue weighted by atomic mass is 10.1. The fourth-order valence-electron chi connectivity index (χ4n) is 7.01. The Morgan fingerprint density at radius 1 is 0.274 bits per heavy atom. The zero-order chi connectivity index (χ0) is 52.9. The molecule has 0 aromatic heterocycles. The van der Waals surface area contributed by atoms with Crippen LogP contribution in [0.2, 0.25) is 0 Å². The Labute approximate surface area is 447 Å². The number of unbranched alkanes of at least 4 members (excludes halogenated alkanes) is 10. The van der Waals surface area contributed by atoms with Gasteiger partial charge in [0, 0.05) is 19.3 Å². The van der Waals surface area contributed by atoms with Gasteiger partial charge in [0.1, 0.15) is 13.2 Å². The molecule has 406 valence electrons. The summed E-state index contributed by atoms with van der Waals surface area (Å²) >= 11 is 0. The van der Waals surface area contributed by atoms with E-state index < -0.39 is 6.10 Å². The molecule has 0 radical (unpaired) electrons. The summed E-state index contributed by atoms with van der Waals surface area (Å²) in [5, 5.41) is 0. The maximum Gasteiger partial charge on any atom is 0.306 e. The molecule has 73 heavy (non-hydrogen) atoms. The van der Waals surface area contributed by atoms with Gasteiger partial charge in [-0.15, -0.1) is 0 Å². The van der Waals surface area contributed by atoms with Crippen molar-refractivity contribution in [3.05, 3.63) is 170 Å². The largest absolute Gasteiger partial charge is 0.462 e. The molecule has 6 heteroatoms. The van der Waals surface area contributed by atoms with Crippen molar-refractivity contribution < 1.29 is 28.6 Å². The van der Waals surface area contributed by atoms with Gasteiger partial charge in [-0.05, 0) is 148 Å². The molecule has 0 fully saturated rings. The minimum Gasteiger partial charge on any atom is -0.462 e. The Bertz CT molecular complexity index is 1630. The molecule has 0 atom stereocenters. The average Bonchev–Trinajstić information content (AvgIpc) is 3.39. The first-order valence-electron chi connectivity index (χ1n) is 28.6. The predicted molar refractivity (Wildman–Crippen MR) is 315 cm³/mol. The fraction of sp³-hybridized carbons (Fsp3) is 0.537. The van der Waals surface area contributed by atoms with Gasteiger partial charge in [-0.1, -0.05) is 217 Å². The highest BCUT2D eigenvalue weighted by atomic mass is 16.6. The van der Waals surface area contributed by atoms with Crippen molar-refractivity contribution in [2.75, 3.05) is 13.2 Å². The van der Waals surface area contributed by atoms with Gasteiger partial charge in [0.2, 0.25) is 0 Å². The summed E-state index contributed by atoms with van der Waals surface area (Å²) in [6.07, 6.45) is 87.7. The van der Waals surface area contributed by atoms with Crippen LogP contribution in [0.15, 0.2) is 170 Å². The van der Waals surface area contributed by atoms with Crippen LogP contribution in [-0.4, -0.2) is 37.2 Å². The monoisotopic (exact) mass is 1000 g/mol. The van der Waals surface area contributed by atoms with Crippen molar-refractivity contribution in [2.24, 2.45) is 0 Å². The zero-order valence-corrected chi connectivity index (χ0v) is 46.3. The van der Waals surface area contributed by atoms with E-state index in [1.807, 2.05) is 0 Å². The molecule has 0 heterocycles. The highest BCUT2D eigenvalue weighted by molar-refractivity contribution is 5.71. The molecule has 0 bridgehead atoms. The molecule has 0 saturated heterocycles. The van der Waals surface area contributed by atoms with Gasteiger partial charge >= 0.3 is 17.9 Å². The number of hydrogen-bond acceptors (Lipinski definition) is 6. The van der Waals surface area contributed by atoms with E-state index in [1.165, 1.54) is 0 Å². The molecule has 0 N–H and O–H groups in total. The third-order valence-corrected chi connectivity index (χ3v) is 11.2. The van der Waals surface area contributed by atoms with Crippen LogP contribution >= 0.6 is 0 Å². The molecule has 0 aliphatic heterocycles.